The maximum Gasteiger partial charge on any atom is 0.240 e. The van der Waals surface area contributed by atoms with Crippen LogP contribution < -0.4 is 11.1 Å². The first-order valence-electron chi connectivity index (χ1n) is 5.57. The molecule has 0 saturated carbocycles. The van der Waals surface area contributed by atoms with Crippen LogP contribution >= 0.6 is 0 Å². The van der Waals surface area contributed by atoms with Gasteiger partial charge in [-0.15, -0.1) is 6.58 Å². The number of hydrogen-bond acceptors (Lipinski definition) is 2. The topological polar surface area (TPSA) is 72.2 Å². The lowest BCUT2D eigenvalue weighted by Gasteiger charge is -2.13. The molecule has 6 heteroatoms. The van der Waals surface area contributed by atoms with E-state index in [9.17, 15) is 18.4 Å². The van der Waals surface area contributed by atoms with E-state index < -0.39 is 29.5 Å². The van der Waals surface area contributed by atoms with E-state index in [0.29, 0.717) is 6.07 Å². The Hall–Kier alpha value is -2.24. The summed E-state index contributed by atoms with van der Waals surface area (Å²) in [6, 6.07) is 2.05. The van der Waals surface area contributed by atoms with E-state index >= 15 is 0 Å². The van der Waals surface area contributed by atoms with Gasteiger partial charge in [0.25, 0.3) is 0 Å². The van der Waals surface area contributed by atoms with E-state index in [-0.39, 0.29) is 18.4 Å². The minimum atomic E-state index is -0.881. The number of halogens is 2. The molecule has 0 aliphatic heterocycles. The van der Waals surface area contributed by atoms with Gasteiger partial charge in [-0.2, -0.15) is 0 Å². The summed E-state index contributed by atoms with van der Waals surface area (Å²) in [5, 5.41) is 2.36. The molecule has 0 aliphatic carbocycles. The lowest BCUT2D eigenvalue weighted by Crippen LogP contribution is -2.44. The zero-order valence-corrected chi connectivity index (χ0v) is 10.2. The fraction of sp³-hybridized carbons (Fsp3) is 0.231. The molecule has 0 aliphatic rings. The minimum Gasteiger partial charge on any atom is -0.368 e. The highest BCUT2D eigenvalue weighted by Crippen LogP contribution is 2.10. The molecular weight excluding hydrogens is 254 g/mol. The molecule has 1 aromatic carbocycles. The van der Waals surface area contributed by atoms with Gasteiger partial charge in [-0.05, 0) is 18.1 Å². The number of hydrogen-bond donors (Lipinski definition) is 2. The van der Waals surface area contributed by atoms with E-state index in [0.717, 1.165) is 6.07 Å². The summed E-state index contributed by atoms with van der Waals surface area (Å²) >= 11 is 0. The summed E-state index contributed by atoms with van der Waals surface area (Å²) in [5.74, 6) is -2.80. The van der Waals surface area contributed by atoms with Gasteiger partial charge in [-0.3, -0.25) is 9.59 Å². The zero-order chi connectivity index (χ0) is 14.4. The van der Waals surface area contributed by atoms with Crippen LogP contribution in [0.1, 0.15) is 12.0 Å². The average molecular weight is 268 g/mol. The van der Waals surface area contributed by atoms with Crippen LogP contribution in [0.4, 0.5) is 8.78 Å². The lowest BCUT2D eigenvalue weighted by atomic mass is 10.1. The predicted molar refractivity (Wildman–Crippen MR) is 66.0 cm³/mol. The van der Waals surface area contributed by atoms with Crippen molar-refractivity contribution in [1.29, 1.82) is 0 Å². The zero-order valence-electron chi connectivity index (χ0n) is 10.2. The second-order valence-electron chi connectivity index (χ2n) is 3.96. The third kappa shape index (κ3) is 4.50. The molecule has 0 heterocycles. The fourth-order valence-corrected chi connectivity index (χ4v) is 1.50. The Bertz CT molecular complexity index is 503. The van der Waals surface area contributed by atoms with Gasteiger partial charge in [0.2, 0.25) is 11.8 Å². The highest BCUT2D eigenvalue weighted by Gasteiger charge is 2.17. The van der Waals surface area contributed by atoms with Crippen molar-refractivity contribution in [3.63, 3.8) is 0 Å². The first-order valence-corrected chi connectivity index (χ1v) is 5.57. The SMILES string of the molecule is C=CC[C@@H](NC(=O)Cc1ccc(F)cc1F)C(N)=O. The number of nitrogens with two attached hydrogens (primary N) is 1. The Morgan fingerprint density at radius 3 is 2.63 bits per heavy atom. The van der Waals surface area contributed by atoms with Crippen LogP contribution in [0.25, 0.3) is 0 Å². The molecule has 102 valence electrons. The fourth-order valence-electron chi connectivity index (χ4n) is 1.50. The van der Waals surface area contributed by atoms with Crippen LogP contribution in [0.3, 0.4) is 0 Å². The second-order valence-corrected chi connectivity index (χ2v) is 3.96. The van der Waals surface area contributed by atoms with Crippen molar-refractivity contribution < 1.29 is 18.4 Å². The van der Waals surface area contributed by atoms with E-state index in [1.807, 2.05) is 0 Å². The quantitative estimate of drug-likeness (QED) is 0.757. The Morgan fingerprint density at radius 1 is 1.42 bits per heavy atom. The number of rotatable bonds is 6. The molecule has 0 bridgehead atoms. The predicted octanol–water partition coefficient (Wildman–Crippen LogP) is 1.05. The van der Waals surface area contributed by atoms with Crippen LogP contribution in [-0.4, -0.2) is 17.9 Å². The maximum absolute atomic E-state index is 13.3. The van der Waals surface area contributed by atoms with E-state index in [1.165, 1.54) is 12.1 Å². The maximum atomic E-state index is 13.3. The van der Waals surface area contributed by atoms with Crippen molar-refractivity contribution in [2.45, 2.75) is 18.9 Å². The first-order chi connectivity index (χ1) is 8.93. The molecule has 2 amide bonds. The standard InChI is InChI=1S/C13H14F2N2O2/c1-2-3-11(13(16)19)17-12(18)6-8-4-5-9(14)7-10(8)15/h2,4-5,7,11H,1,3,6H2,(H2,16,19)(H,17,18)/t11-/m1/s1. The summed E-state index contributed by atoms with van der Waals surface area (Å²) in [6.07, 6.45) is 1.33. The number of nitrogens with one attached hydrogen (secondary N) is 1. The molecule has 3 N–H and O–H groups in total. The second kappa shape index (κ2) is 6.63. The van der Waals surface area contributed by atoms with Crippen molar-refractivity contribution in [2.75, 3.05) is 0 Å². The molecule has 1 rings (SSSR count). The number of carbonyl (C=O) groups excluding carboxylic acids is 2. The van der Waals surface area contributed by atoms with Crippen LogP contribution in [-0.2, 0) is 16.0 Å². The van der Waals surface area contributed by atoms with Crippen LogP contribution in [0, 0.1) is 11.6 Å². The van der Waals surface area contributed by atoms with Gasteiger partial charge in [0.05, 0.1) is 6.42 Å². The summed E-state index contributed by atoms with van der Waals surface area (Å²) in [7, 11) is 0. The smallest absolute Gasteiger partial charge is 0.240 e. The van der Waals surface area contributed by atoms with Crippen LogP contribution in [0.15, 0.2) is 30.9 Å². The Kier molecular flexibility index (Phi) is 5.17. The van der Waals surface area contributed by atoms with Gasteiger partial charge in [0.1, 0.15) is 17.7 Å². The third-order valence-corrected chi connectivity index (χ3v) is 2.45. The average Bonchev–Trinajstić information content (AvgIpc) is 2.32. The molecule has 0 unspecified atom stereocenters. The molecule has 4 nitrogen and oxygen atoms in total. The number of benzene rings is 1. The van der Waals surface area contributed by atoms with Gasteiger partial charge in [0, 0.05) is 6.07 Å². The van der Waals surface area contributed by atoms with Gasteiger partial charge in [0.15, 0.2) is 0 Å². The minimum absolute atomic E-state index is 0.0423. The van der Waals surface area contributed by atoms with Crippen molar-refractivity contribution in [2.24, 2.45) is 5.73 Å². The molecule has 1 atom stereocenters. The summed E-state index contributed by atoms with van der Waals surface area (Å²) in [6.45, 7) is 3.44. The van der Waals surface area contributed by atoms with Crippen LogP contribution in [0.2, 0.25) is 0 Å². The van der Waals surface area contributed by atoms with Gasteiger partial charge < -0.3 is 11.1 Å². The van der Waals surface area contributed by atoms with Crippen molar-refractivity contribution in [1.82, 2.24) is 5.32 Å². The first kappa shape index (κ1) is 14.8. The Balaban J connectivity index is 2.68. The third-order valence-electron chi connectivity index (χ3n) is 2.45. The van der Waals surface area contributed by atoms with Crippen LogP contribution in [0.5, 0.6) is 0 Å². The number of amides is 2. The molecule has 1 aromatic rings. The lowest BCUT2D eigenvalue weighted by molar-refractivity contribution is -0.126. The molecule has 0 radical (unpaired) electrons. The van der Waals surface area contributed by atoms with E-state index in [4.69, 9.17) is 5.73 Å². The largest absolute Gasteiger partial charge is 0.368 e. The van der Waals surface area contributed by atoms with E-state index in [2.05, 4.69) is 11.9 Å². The molecule has 0 spiro atoms. The van der Waals surface area contributed by atoms with Crippen molar-refractivity contribution in [3.05, 3.63) is 48.1 Å². The van der Waals surface area contributed by atoms with Crippen molar-refractivity contribution in [3.8, 4) is 0 Å². The van der Waals surface area contributed by atoms with Crippen molar-refractivity contribution >= 4 is 11.8 Å². The number of carbonyl (C=O) groups is 2. The normalized spacial score (nSPS) is 11.7. The molecule has 0 aromatic heterocycles. The van der Waals surface area contributed by atoms with Gasteiger partial charge in [-0.1, -0.05) is 12.1 Å². The molecule has 0 fully saturated rings. The highest BCUT2D eigenvalue weighted by atomic mass is 19.1. The Labute approximate surface area is 109 Å². The summed E-state index contributed by atoms with van der Waals surface area (Å²) in [4.78, 5) is 22.7. The molecule has 0 saturated heterocycles. The summed E-state index contributed by atoms with van der Waals surface area (Å²) in [5.41, 5.74) is 5.13. The summed E-state index contributed by atoms with van der Waals surface area (Å²) < 4.78 is 26.0. The van der Waals surface area contributed by atoms with E-state index in [1.54, 1.807) is 0 Å². The number of primary amides is 1. The van der Waals surface area contributed by atoms with Gasteiger partial charge >= 0.3 is 0 Å². The van der Waals surface area contributed by atoms with Gasteiger partial charge in [-0.25, -0.2) is 8.78 Å². The monoisotopic (exact) mass is 268 g/mol. The molecule has 19 heavy (non-hydrogen) atoms. The Morgan fingerprint density at radius 2 is 2.11 bits per heavy atom. The highest BCUT2D eigenvalue weighted by molar-refractivity contribution is 5.87. The molecular formula is C13H14F2N2O2.